The Balaban J connectivity index is 1.51. The Bertz CT molecular complexity index is 1390. The number of benzene rings is 1. The monoisotopic (exact) mass is 602 g/mol. The number of non-ortho nitro benzene ring substituents is 1. The number of carbonyl (C=O) groups is 4. The van der Waals surface area contributed by atoms with Gasteiger partial charge in [0.2, 0.25) is 6.41 Å². The van der Waals surface area contributed by atoms with Crippen LogP contribution in [0.1, 0.15) is 37.4 Å². The summed E-state index contributed by atoms with van der Waals surface area (Å²) in [5, 5.41) is 30.4. The number of nitro benzene ring substituents is 1. The summed E-state index contributed by atoms with van der Waals surface area (Å²) in [5.41, 5.74) is 0.418. The van der Waals surface area contributed by atoms with E-state index >= 15 is 0 Å². The van der Waals surface area contributed by atoms with Crippen molar-refractivity contribution >= 4 is 63.8 Å². The quantitative estimate of drug-likeness (QED) is 0.0722. The summed E-state index contributed by atoms with van der Waals surface area (Å²) in [5.74, 6) is -2.63. The molecule has 0 bridgehead atoms. The van der Waals surface area contributed by atoms with E-state index in [2.05, 4.69) is 20.8 Å². The fourth-order valence-electron chi connectivity index (χ4n) is 4.17. The number of hydrogen-bond donors (Lipinski definition) is 3. The van der Waals surface area contributed by atoms with Gasteiger partial charge in [0.05, 0.1) is 4.92 Å². The summed E-state index contributed by atoms with van der Waals surface area (Å²) in [6, 6.07) is 4.87. The summed E-state index contributed by atoms with van der Waals surface area (Å²) in [4.78, 5) is 70.1. The lowest BCUT2D eigenvalue weighted by Gasteiger charge is -2.49. The first kappa shape index (κ1) is 29.7. The van der Waals surface area contributed by atoms with Crippen molar-refractivity contribution in [1.29, 1.82) is 0 Å². The van der Waals surface area contributed by atoms with Gasteiger partial charge in [-0.15, -0.1) is 23.1 Å². The van der Waals surface area contributed by atoms with E-state index in [0.717, 1.165) is 41.1 Å². The molecule has 0 aliphatic carbocycles. The third-order valence-corrected chi connectivity index (χ3v) is 8.38. The number of carbonyl (C=O) groups excluding carboxylic acids is 3. The van der Waals surface area contributed by atoms with Crippen LogP contribution in [0.3, 0.4) is 0 Å². The Kier molecular flexibility index (Phi) is 9.67. The lowest BCUT2D eigenvalue weighted by molar-refractivity contribution is -0.384. The smallest absolute Gasteiger partial charge is 0.352 e. The van der Waals surface area contributed by atoms with E-state index < -0.39 is 34.1 Å². The fourth-order valence-corrected chi connectivity index (χ4v) is 6.36. The number of thioether (sulfide) groups is 1. The average Bonchev–Trinajstić information content (AvgIpc) is 3.41. The third kappa shape index (κ3) is 6.89. The Morgan fingerprint density at radius 2 is 2.05 bits per heavy atom. The molecule has 1 fully saturated rings. The summed E-state index contributed by atoms with van der Waals surface area (Å²) in [6.07, 6.45) is 4.86. The molecule has 1 aromatic heterocycles. The molecule has 3 amide bonds. The highest BCUT2D eigenvalue weighted by Crippen LogP contribution is 2.42. The van der Waals surface area contributed by atoms with Gasteiger partial charge >= 0.3 is 5.97 Å². The van der Waals surface area contributed by atoms with Crippen molar-refractivity contribution in [3.63, 3.8) is 0 Å². The molecule has 3 heterocycles. The number of unbranched alkanes of at least 4 members (excludes halogenated alkanes) is 2. The van der Waals surface area contributed by atoms with Gasteiger partial charge in [-0.1, -0.05) is 37.1 Å². The van der Waals surface area contributed by atoms with E-state index in [-0.39, 0.29) is 39.8 Å². The largest absolute Gasteiger partial charge is 0.477 e. The lowest BCUT2D eigenvalue weighted by Crippen LogP contribution is -2.71. The number of β-lactam (4-membered cyclic amide) rings is 1. The predicted molar refractivity (Wildman–Crippen MR) is 150 cm³/mol. The van der Waals surface area contributed by atoms with Crippen LogP contribution in [-0.2, 0) is 30.4 Å². The number of hydrogen-bond acceptors (Lipinski definition) is 11. The maximum absolute atomic E-state index is 13.3. The molecule has 1 saturated heterocycles. The molecule has 14 nitrogen and oxygen atoms in total. The minimum atomic E-state index is -1.29. The van der Waals surface area contributed by atoms with Crippen LogP contribution in [0, 0.1) is 10.1 Å². The van der Waals surface area contributed by atoms with E-state index in [1.807, 2.05) is 6.92 Å². The van der Waals surface area contributed by atoms with Crippen molar-refractivity contribution in [1.82, 2.24) is 15.2 Å². The minimum absolute atomic E-state index is 0.0636. The molecule has 16 heteroatoms. The third-order valence-electron chi connectivity index (χ3n) is 6.19. The molecule has 0 saturated carbocycles. The summed E-state index contributed by atoms with van der Waals surface area (Å²) in [6.45, 7) is 2.29. The molecule has 1 aromatic carbocycles. The number of anilines is 1. The zero-order chi connectivity index (χ0) is 29.5. The van der Waals surface area contributed by atoms with Crippen LogP contribution in [0.2, 0.25) is 0 Å². The SMILES string of the molecule is CCCCCON=C(C(=O)NC1C(=O)N2C(C(=O)O)=CC(Cc3ccc([N+](=O)[O-])cc3)S[C@H]12)c1csc(NC=O)n1. The van der Waals surface area contributed by atoms with Crippen molar-refractivity contribution in [2.24, 2.45) is 5.16 Å². The molecule has 4 rings (SSSR count). The predicted octanol–water partition coefficient (Wildman–Crippen LogP) is 2.51. The second-order valence-corrected chi connectivity index (χ2v) is 11.2. The highest BCUT2D eigenvalue weighted by atomic mass is 32.2. The molecule has 0 spiro atoms. The van der Waals surface area contributed by atoms with Gasteiger partial charge in [-0.2, -0.15) is 0 Å². The van der Waals surface area contributed by atoms with Gasteiger partial charge in [-0.05, 0) is 24.5 Å². The lowest BCUT2D eigenvalue weighted by atomic mass is 10.0. The molecule has 216 valence electrons. The number of aromatic nitrogens is 1. The van der Waals surface area contributed by atoms with E-state index in [4.69, 9.17) is 4.84 Å². The maximum atomic E-state index is 13.3. The normalized spacial score (nSPS) is 19.9. The zero-order valence-electron chi connectivity index (χ0n) is 21.7. The number of rotatable bonds is 14. The Morgan fingerprint density at radius 1 is 1.29 bits per heavy atom. The number of nitrogens with zero attached hydrogens (tertiary/aromatic N) is 4. The van der Waals surface area contributed by atoms with Crippen molar-refractivity contribution in [3.8, 4) is 0 Å². The summed E-state index contributed by atoms with van der Waals surface area (Å²) in [7, 11) is 0. The van der Waals surface area contributed by atoms with E-state index in [1.54, 1.807) is 12.1 Å². The van der Waals surface area contributed by atoms with Gasteiger partial charge in [0, 0.05) is 22.8 Å². The van der Waals surface area contributed by atoms with Gasteiger partial charge in [0.25, 0.3) is 17.5 Å². The average molecular weight is 603 g/mol. The molecule has 2 aromatic rings. The first-order chi connectivity index (χ1) is 19.7. The highest BCUT2D eigenvalue weighted by Gasteiger charge is 2.54. The number of nitro groups is 1. The van der Waals surface area contributed by atoms with Crippen molar-refractivity contribution in [2.75, 3.05) is 11.9 Å². The first-order valence-corrected chi connectivity index (χ1v) is 14.4. The van der Waals surface area contributed by atoms with Crippen molar-refractivity contribution in [2.45, 2.75) is 49.3 Å². The van der Waals surface area contributed by atoms with Gasteiger partial charge in [-0.25, -0.2) is 9.78 Å². The van der Waals surface area contributed by atoms with Gasteiger partial charge < -0.3 is 20.6 Å². The molecule has 2 aliphatic heterocycles. The molecule has 41 heavy (non-hydrogen) atoms. The number of aliphatic carboxylic acids is 1. The van der Waals surface area contributed by atoms with Crippen LogP contribution in [0.25, 0.3) is 0 Å². The summed E-state index contributed by atoms with van der Waals surface area (Å²) >= 11 is 2.36. The Hall–Kier alpha value is -4.31. The molecule has 0 radical (unpaired) electrons. The summed E-state index contributed by atoms with van der Waals surface area (Å²) < 4.78 is 0. The number of thiazole rings is 1. The number of carboxylic acid groups (broad SMARTS) is 1. The van der Waals surface area contributed by atoms with Crippen molar-refractivity contribution < 1.29 is 34.0 Å². The minimum Gasteiger partial charge on any atom is -0.477 e. The van der Waals surface area contributed by atoms with Gasteiger partial charge in [0.1, 0.15) is 29.4 Å². The highest BCUT2D eigenvalue weighted by molar-refractivity contribution is 8.00. The topological polar surface area (TPSA) is 193 Å². The second kappa shape index (κ2) is 13.4. The van der Waals surface area contributed by atoms with Crippen LogP contribution >= 0.6 is 23.1 Å². The molecule has 3 atom stereocenters. The Labute approximate surface area is 242 Å². The standard InChI is InChI=1S/C25H26N6O8S2/c1-2-3-4-9-39-29-19(17-12-40-25(27-17)26-13-32)21(33)28-20-22(34)30-18(24(35)36)11-16(41-23(20)30)10-14-5-7-15(8-6-14)31(37)38/h5-8,11-13,16,20,23H,2-4,9-10H2,1H3,(H,28,33)(H,35,36)(H,26,27,32)/t16?,20?,23-/m1/s1. The van der Waals surface area contributed by atoms with Crippen LogP contribution in [0.15, 0.2) is 46.6 Å². The zero-order valence-corrected chi connectivity index (χ0v) is 23.4. The van der Waals surface area contributed by atoms with Crippen LogP contribution in [0.4, 0.5) is 10.8 Å². The van der Waals surface area contributed by atoms with Crippen molar-refractivity contribution in [3.05, 3.63) is 62.8 Å². The number of carboxylic acids is 1. The number of amides is 3. The molecule has 3 N–H and O–H groups in total. The first-order valence-electron chi connectivity index (χ1n) is 12.6. The van der Waals surface area contributed by atoms with Crippen LogP contribution in [-0.4, -0.2) is 73.1 Å². The fraction of sp³-hybridized carbons (Fsp3) is 0.360. The molecular weight excluding hydrogens is 576 g/mol. The van der Waals surface area contributed by atoms with Gasteiger partial charge in [0.15, 0.2) is 10.8 Å². The van der Waals surface area contributed by atoms with Crippen LogP contribution < -0.4 is 10.6 Å². The van der Waals surface area contributed by atoms with E-state index in [9.17, 15) is 34.4 Å². The molecular formula is C25H26N6O8S2. The van der Waals surface area contributed by atoms with Crippen LogP contribution in [0.5, 0.6) is 0 Å². The number of nitrogens with one attached hydrogen (secondary N) is 2. The number of fused-ring (bicyclic) bond motifs is 1. The maximum Gasteiger partial charge on any atom is 0.352 e. The number of oxime groups is 1. The second-order valence-electron chi connectivity index (χ2n) is 8.99. The van der Waals surface area contributed by atoms with E-state index in [0.29, 0.717) is 12.8 Å². The molecule has 2 unspecified atom stereocenters. The van der Waals surface area contributed by atoms with Gasteiger partial charge in [-0.3, -0.25) is 29.4 Å². The molecule has 2 aliphatic rings. The van der Waals surface area contributed by atoms with E-state index in [1.165, 1.54) is 35.4 Å². The Morgan fingerprint density at radius 3 is 2.71 bits per heavy atom.